The maximum atomic E-state index is 12.3. The number of rotatable bonds is 15. The molecule has 178 valence electrons. The molecule has 2 rings (SSSR count). The molecular weight excluding hydrogens is 416 g/mol. The molecule has 0 heterocycles. The second-order valence-corrected chi connectivity index (χ2v) is 8.00. The van der Waals surface area contributed by atoms with Gasteiger partial charge in [-0.15, -0.1) is 0 Å². The van der Waals surface area contributed by atoms with Crippen LogP contribution >= 0.6 is 0 Å². The molecule has 0 aliphatic rings. The molecular formula is C27H36N2O4. The third kappa shape index (κ3) is 10.8. The van der Waals surface area contributed by atoms with Crippen LogP contribution in [0.25, 0.3) is 0 Å². The van der Waals surface area contributed by atoms with Crippen LogP contribution in [0.3, 0.4) is 0 Å². The standard InChI is InChI=1S/C27H36N2O4/c1-3-5-6-7-8-9-10-11-26(30)29-28-21-22-12-16-25(17-13-22)33-27(31)23-14-18-24(19-15-23)32-20-4-2/h12-19,21H,3-11,20H2,1-2H3,(H,29,30). The Morgan fingerprint density at radius 3 is 2.12 bits per heavy atom. The van der Waals surface area contributed by atoms with Gasteiger partial charge >= 0.3 is 5.97 Å². The van der Waals surface area contributed by atoms with Gasteiger partial charge in [0, 0.05) is 6.42 Å². The molecule has 6 heteroatoms. The first-order valence-corrected chi connectivity index (χ1v) is 12.0. The lowest BCUT2D eigenvalue weighted by Crippen LogP contribution is -2.16. The fourth-order valence-corrected chi connectivity index (χ4v) is 3.17. The lowest BCUT2D eigenvalue weighted by Gasteiger charge is -2.07. The van der Waals surface area contributed by atoms with Crippen LogP contribution in [0.4, 0.5) is 0 Å². The minimum atomic E-state index is -0.434. The summed E-state index contributed by atoms with van der Waals surface area (Å²) in [6.45, 7) is 4.89. The smallest absolute Gasteiger partial charge is 0.343 e. The number of hydrogen-bond donors (Lipinski definition) is 1. The fraction of sp³-hybridized carbons (Fsp3) is 0.444. The first kappa shape index (κ1) is 26.1. The molecule has 0 radical (unpaired) electrons. The van der Waals surface area contributed by atoms with Gasteiger partial charge in [-0.1, -0.05) is 52.4 Å². The summed E-state index contributed by atoms with van der Waals surface area (Å²) >= 11 is 0. The lowest BCUT2D eigenvalue weighted by molar-refractivity contribution is -0.121. The zero-order valence-electron chi connectivity index (χ0n) is 19.8. The van der Waals surface area contributed by atoms with Gasteiger partial charge in [-0.05, 0) is 66.9 Å². The Hall–Kier alpha value is -3.15. The van der Waals surface area contributed by atoms with E-state index >= 15 is 0 Å². The van der Waals surface area contributed by atoms with Crippen LogP contribution in [0, 0.1) is 0 Å². The van der Waals surface area contributed by atoms with Crippen LogP contribution in [-0.2, 0) is 4.79 Å². The van der Waals surface area contributed by atoms with Gasteiger partial charge in [-0.25, -0.2) is 10.2 Å². The molecule has 0 saturated heterocycles. The normalized spacial score (nSPS) is 10.8. The molecule has 2 aromatic rings. The Kier molecular flexibility index (Phi) is 12.4. The van der Waals surface area contributed by atoms with Crippen LogP contribution in [-0.4, -0.2) is 24.7 Å². The number of hydrogen-bond acceptors (Lipinski definition) is 5. The number of nitrogens with one attached hydrogen (secondary N) is 1. The highest BCUT2D eigenvalue weighted by Gasteiger charge is 2.09. The van der Waals surface area contributed by atoms with Crippen LogP contribution in [0.2, 0.25) is 0 Å². The molecule has 0 saturated carbocycles. The molecule has 0 spiro atoms. The van der Waals surface area contributed by atoms with E-state index in [1.165, 1.54) is 32.1 Å². The molecule has 0 atom stereocenters. The van der Waals surface area contributed by atoms with Crippen molar-refractivity contribution in [2.75, 3.05) is 6.61 Å². The van der Waals surface area contributed by atoms with Crippen molar-refractivity contribution in [2.24, 2.45) is 5.10 Å². The molecule has 0 bridgehead atoms. The van der Waals surface area contributed by atoms with E-state index < -0.39 is 5.97 Å². The van der Waals surface area contributed by atoms with Crippen molar-refractivity contribution >= 4 is 18.1 Å². The predicted molar refractivity (Wildman–Crippen MR) is 132 cm³/mol. The van der Waals surface area contributed by atoms with Gasteiger partial charge in [0.1, 0.15) is 11.5 Å². The van der Waals surface area contributed by atoms with Gasteiger partial charge < -0.3 is 9.47 Å². The van der Waals surface area contributed by atoms with Crippen molar-refractivity contribution < 1.29 is 19.1 Å². The number of carbonyl (C=O) groups excluding carboxylic acids is 2. The van der Waals surface area contributed by atoms with Crippen molar-refractivity contribution in [1.82, 2.24) is 5.43 Å². The van der Waals surface area contributed by atoms with E-state index in [-0.39, 0.29) is 5.91 Å². The Labute approximate surface area is 197 Å². The van der Waals surface area contributed by atoms with Gasteiger partial charge in [0.15, 0.2) is 0 Å². The molecule has 2 aromatic carbocycles. The molecule has 0 unspecified atom stereocenters. The molecule has 1 N–H and O–H groups in total. The maximum Gasteiger partial charge on any atom is 0.343 e. The third-order valence-electron chi connectivity index (χ3n) is 5.06. The highest BCUT2D eigenvalue weighted by molar-refractivity contribution is 5.91. The van der Waals surface area contributed by atoms with Crippen LogP contribution in [0.15, 0.2) is 53.6 Å². The molecule has 0 fully saturated rings. The van der Waals surface area contributed by atoms with Crippen molar-refractivity contribution in [2.45, 2.75) is 71.6 Å². The second kappa shape index (κ2) is 15.6. The van der Waals surface area contributed by atoms with Gasteiger partial charge in [-0.3, -0.25) is 4.79 Å². The number of ether oxygens (including phenoxy) is 2. The van der Waals surface area contributed by atoms with Crippen molar-refractivity contribution in [1.29, 1.82) is 0 Å². The maximum absolute atomic E-state index is 12.3. The summed E-state index contributed by atoms with van der Waals surface area (Å²) in [7, 11) is 0. The highest BCUT2D eigenvalue weighted by Crippen LogP contribution is 2.16. The zero-order valence-corrected chi connectivity index (χ0v) is 19.8. The van der Waals surface area contributed by atoms with E-state index in [9.17, 15) is 9.59 Å². The molecule has 0 aliphatic carbocycles. The van der Waals surface area contributed by atoms with Crippen molar-refractivity contribution in [3.8, 4) is 11.5 Å². The minimum Gasteiger partial charge on any atom is -0.494 e. The Bertz CT molecular complexity index is 861. The van der Waals surface area contributed by atoms with Gasteiger partial charge in [0.25, 0.3) is 0 Å². The summed E-state index contributed by atoms with van der Waals surface area (Å²) in [5, 5.41) is 4.00. The molecule has 33 heavy (non-hydrogen) atoms. The number of esters is 1. The predicted octanol–water partition coefficient (Wildman–Crippen LogP) is 6.29. The average Bonchev–Trinajstić information content (AvgIpc) is 2.83. The number of nitrogens with zero attached hydrogens (tertiary/aromatic N) is 1. The number of amides is 1. The molecule has 0 aromatic heterocycles. The average molecular weight is 453 g/mol. The minimum absolute atomic E-state index is 0.0727. The van der Waals surface area contributed by atoms with Crippen molar-refractivity contribution in [3.63, 3.8) is 0 Å². The summed E-state index contributed by atoms with van der Waals surface area (Å²) in [4.78, 5) is 24.2. The van der Waals surface area contributed by atoms with E-state index in [0.29, 0.717) is 24.3 Å². The van der Waals surface area contributed by atoms with Gasteiger partial charge in [-0.2, -0.15) is 5.10 Å². The number of carbonyl (C=O) groups is 2. The van der Waals surface area contributed by atoms with E-state index in [1.54, 1.807) is 54.7 Å². The highest BCUT2D eigenvalue weighted by atomic mass is 16.5. The quantitative estimate of drug-likeness (QED) is 0.113. The SMILES string of the molecule is CCCCCCCCCC(=O)NN=Cc1ccc(OC(=O)c2ccc(OCCC)cc2)cc1. The van der Waals surface area contributed by atoms with E-state index in [1.807, 2.05) is 6.92 Å². The number of hydrazone groups is 1. The summed E-state index contributed by atoms with van der Waals surface area (Å²) < 4.78 is 10.9. The molecule has 1 amide bonds. The van der Waals surface area contributed by atoms with Crippen molar-refractivity contribution in [3.05, 3.63) is 59.7 Å². The summed E-state index contributed by atoms with van der Waals surface area (Å²) in [6, 6.07) is 13.8. The largest absolute Gasteiger partial charge is 0.494 e. The van der Waals surface area contributed by atoms with Gasteiger partial charge in [0.05, 0.1) is 18.4 Å². The summed E-state index contributed by atoms with van der Waals surface area (Å²) in [5.74, 6) is 0.658. The molecule has 0 aliphatic heterocycles. The number of unbranched alkanes of at least 4 members (excludes halogenated alkanes) is 6. The van der Waals surface area contributed by atoms with E-state index in [0.717, 1.165) is 30.6 Å². The van der Waals surface area contributed by atoms with Crippen LogP contribution < -0.4 is 14.9 Å². The van der Waals surface area contributed by atoms with E-state index in [2.05, 4.69) is 17.5 Å². The fourth-order valence-electron chi connectivity index (χ4n) is 3.17. The zero-order chi connectivity index (χ0) is 23.7. The third-order valence-corrected chi connectivity index (χ3v) is 5.06. The summed E-state index contributed by atoms with van der Waals surface area (Å²) in [5.41, 5.74) is 3.81. The molecule has 6 nitrogen and oxygen atoms in total. The Morgan fingerprint density at radius 2 is 1.45 bits per heavy atom. The monoisotopic (exact) mass is 452 g/mol. The van der Waals surface area contributed by atoms with Crippen LogP contribution in [0.1, 0.15) is 87.6 Å². The first-order valence-electron chi connectivity index (χ1n) is 12.0. The second-order valence-electron chi connectivity index (χ2n) is 8.00. The lowest BCUT2D eigenvalue weighted by atomic mass is 10.1. The Balaban J connectivity index is 1.70. The first-order chi connectivity index (χ1) is 16.1. The van der Waals surface area contributed by atoms with E-state index in [4.69, 9.17) is 9.47 Å². The Morgan fingerprint density at radius 1 is 0.818 bits per heavy atom. The number of benzene rings is 2. The summed E-state index contributed by atoms with van der Waals surface area (Å²) in [6.07, 6.45) is 11.2. The van der Waals surface area contributed by atoms with Gasteiger partial charge in [0.2, 0.25) is 5.91 Å². The topological polar surface area (TPSA) is 77.0 Å². The van der Waals surface area contributed by atoms with Crippen LogP contribution in [0.5, 0.6) is 11.5 Å².